The van der Waals surface area contributed by atoms with E-state index in [1.54, 1.807) is 5.06 Å². The normalized spacial score (nSPS) is 33.1. The van der Waals surface area contributed by atoms with Crippen molar-refractivity contribution in [1.82, 2.24) is 15.7 Å². The highest BCUT2D eigenvalue weighted by Crippen LogP contribution is 2.59. The predicted octanol–water partition coefficient (Wildman–Crippen LogP) is 3.37. The molecule has 3 unspecified atom stereocenters. The summed E-state index contributed by atoms with van der Waals surface area (Å²) in [5.41, 5.74) is 2.02. The van der Waals surface area contributed by atoms with Crippen LogP contribution in [-0.2, 0) is 50.5 Å². The molecule has 2 amide bonds. The molecule has 4 saturated heterocycles. The number of hydrogen-bond acceptors (Lipinski definition) is 10. The van der Waals surface area contributed by atoms with Gasteiger partial charge in [0.2, 0.25) is 17.6 Å². The Labute approximate surface area is 313 Å². The molecule has 0 aromatic heterocycles. The van der Waals surface area contributed by atoms with Crippen molar-refractivity contribution in [1.29, 1.82) is 0 Å². The zero-order chi connectivity index (χ0) is 36.9. The molecule has 4 heterocycles. The summed E-state index contributed by atoms with van der Waals surface area (Å²) in [5.74, 6) is -2.22. The van der Waals surface area contributed by atoms with Crippen LogP contribution >= 0.6 is 0 Å². The second-order valence-corrected chi connectivity index (χ2v) is 15.2. The van der Waals surface area contributed by atoms with Crippen LogP contribution in [0.5, 0.6) is 0 Å². The number of carbonyl (C=O) groups is 3. The molecule has 3 aromatic rings. The number of nitrogens with zero attached hydrogens (tertiary/aromatic N) is 1. The van der Waals surface area contributed by atoms with Crippen LogP contribution in [0, 0.1) is 11.3 Å². The van der Waals surface area contributed by atoms with Crippen molar-refractivity contribution in [2.24, 2.45) is 11.3 Å². The summed E-state index contributed by atoms with van der Waals surface area (Å²) < 4.78 is 26.0. The van der Waals surface area contributed by atoms with Gasteiger partial charge in [-0.15, -0.1) is 0 Å². The van der Waals surface area contributed by atoms with Crippen molar-refractivity contribution >= 4 is 23.9 Å². The number of ether oxygens (including phenoxy) is 4. The van der Waals surface area contributed by atoms with Crippen LogP contribution in [-0.4, -0.2) is 90.3 Å². The van der Waals surface area contributed by atoms with Gasteiger partial charge in [-0.25, -0.2) is 0 Å². The fourth-order valence-corrected chi connectivity index (χ4v) is 9.28. The summed E-state index contributed by atoms with van der Waals surface area (Å²) in [6.07, 6.45) is 5.26. The summed E-state index contributed by atoms with van der Waals surface area (Å²) in [5, 5.41) is 16.3. The van der Waals surface area contributed by atoms with Gasteiger partial charge >= 0.3 is 5.97 Å². The van der Waals surface area contributed by atoms with Gasteiger partial charge in [0.1, 0.15) is 29.8 Å². The summed E-state index contributed by atoms with van der Waals surface area (Å²) in [6, 6.07) is 26.2. The number of epoxide rings is 1. The lowest BCUT2D eigenvalue weighted by Crippen LogP contribution is -2.69. The molecule has 6 fully saturated rings. The third-order valence-electron chi connectivity index (χ3n) is 11.9. The maximum absolute atomic E-state index is 14.7. The lowest BCUT2D eigenvalue weighted by Gasteiger charge is -2.48. The van der Waals surface area contributed by atoms with Crippen LogP contribution in [0.2, 0.25) is 0 Å². The van der Waals surface area contributed by atoms with Crippen LogP contribution in [0.1, 0.15) is 54.4 Å². The quantitative estimate of drug-likeness (QED) is 0.187. The zero-order valence-corrected chi connectivity index (χ0v) is 29.9. The van der Waals surface area contributed by atoms with Crippen molar-refractivity contribution in [3.05, 3.63) is 113 Å². The molecule has 12 nitrogen and oxygen atoms in total. The fourth-order valence-electron chi connectivity index (χ4n) is 9.28. The Morgan fingerprint density at radius 3 is 2.31 bits per heavy atom. The molecular formula is C42H45N3O9. The minimum atomic E-state index is -1.41. The van der Waals surface area contributed by atoms with Gasteiger partial charge in [-0.3, -0.25) is 19.2 Å². The maximum atomic E-state index is 14.7. The fraction of sp³-hybridized carbons (Fsp3) is 0.452. The van der Waals surface area contributed by atoms with E-state index in [1.807, 2.05) is 84.9 Å². The molecule has 0 spiro atoms. The standard InChI is InChI=1S/C42H45N3O9/c46-22-21-43-34(47)19-20-44-40(49)41-24-33-35-36(53-42(52-35,29-11-3-1-4-12-29)30-13-5-2-6-14-30)38(41)54-45(37(41)39(48)51-33)25-28-10-8-7-9-27(28)17-15-26-16-18-31-32(23-26)50-31/h1-15,17,26,31-33,35-38,46H,16,18-25H2,(H,43,47)(H,44,49)/t26?,31?,32?,33-,35+,36+,37+,38-,41+/m1/s1. The zero-order valence-electron chi connectivity index (χ0n) is 29.9. The number of hydrogen-bond donors (Lipinski definition) is 3. The van der Waals surface area contributed by atoms with E-state index in [9.17, 15) is 14.4 Å². The van der Waals surface area contributed by atoms with E-state index in [2.05, 4.69) is 22.8 Å². The van der Waals surface area contributed by atoms with E-state index in [0.717, 1.165) is 41.5 Å². The predicted molar refractivity (Wildman–Crippen MR) is 194 cm³/mol. The van der Waals surface area contributed by atoms with Crippen molar-refractivity contribution in [3.63, 3.8) is 0 Å². The molecule has 12 heteroatoms. The van der Waals surface area contributed by atoms with Crippen LogP contribution in [0.25, 0.3) is 6.08 Å². The van der Waals surface area contributed by atoms with Gasteiger partial charge in [0.25, 0.3) is 0 Å². The minimum absolute atomic E-state index is 0.000617. The van der Waals surface area contributed by atoms with E-state index in [-0.39, 0.29) is 45.0 Å². The van der Waals surface area contributed by atoms with E-state index < -0.39 is 53.5 Å². The smallest absolute Gasteiger partial charge is 0.327 e. The molecule has 9 rings (SSSR count). The lowest BCUT2D eigenvalue weighted by molar-refractivity contribution is -0.213. The molecule has 282 valence electrons. The molecule has 4 aliphatic heterocycles. The second-order valence-electron chi connectivity index (χ2n) is 15.2. The summed E-state index contributed by atoms with van der Waals surface area (Å²) in [7, 11) is 0. The van der Waals surface area contributed by atoms with Gasteiger partial charge < -0.3 is 34.7 Å². The van der Waals surface area contributed by atoms with E-state index in [0.29, 0.717) is 18.1 Å². The number of nitrogens with one attached hydrogen (secondary N) is 2. The van der Waals surface area contributed by atoms with Crippen LogP contribution in [0.15, 0.2) is 91.0 Å². The van der Waals surface area contributed by atoms with Crippen LogP contribution in [0.3, 0.4) is 0 Å². The first-order valence-electron chi connectivity index (χ1n) is 19.1. The van der Waals surface area contributed by atoms with E-state index in [1.165, 1.54) is 0 Å². The number of amides is 2. The maximum Gasteiger partial charge on any atom is 0.327 e. The molecule has 54 heavy (non-hydrogen) atoms. The first kappa shape index (κ1) is 35.3. The highest BCUT2D eigenvalue weighted by Gasteiger charge is 2.76. The lowest BCUT2D eigenvalue weighted by atomic mass is 9.62. The van der Waals surface area contributed by atoms with Gasteiger partial charge in [0.15, 0.2) is 6.04 Å². The van der Waals surface area contributed by atoms with Crippen LogP contribution < -0.4 is 10.6 Å². The number of benzene rings is 3. The Balaban J connectivity index is 1.06. The topological polar surface area (TPSA) is 148 Å². The number of rotatable bonds is 12. The van der Waals surface area contributed by atoms with Crippen molar-refractivity contribution < 1.29 is 43.3 Å². The Bertz CT molecular complexity index is 1870. The average molecular weight is 736 g/mol. The van der Waals surface area contributed by atoms with Gasteiger partial charge in [-0.05, 0) is 36.3 Å². The monoisotopic (exact) mass is 735 g/mol. The Hall–Kier alpha value is -4.43. The number of aliphatic hydroxyl groups excluding tert-OH is 1. The first-order chi connectivity index (χ1) is 26.4. The highest BCUT2D eigenvalue weighted by atomic mass is 16.8. The number of fused-ring (bicyclic) bond motifs is 5. The molecule has 2 bridgehead atoms. The number of esters is 1. The van der Waals surface area contributed by atoms with Gasteiger partial charge in [-0.1, -0.05) is 97.1 Å². The molecule has 2 saturated carbocycles. The minimum Gasteiger partial charge on any atom is -0.458 e. The van der Waals surface area contributed by atoms with E-state index >= 15 is 0 Å². The van der Waals surface area contributed by atoms with Crippen molar-refractivity contribution in [3.8, 4) is 0 Å². The van der Waals surface area contributed by atoms with Gasteiger partial charge in [0, 0.05) is 37.1 Å². The third-order valence-corrected chi connectivity index (χ3v) is 11.9. The molecule has 6 aliphatic rings. The Morgan fingerprint density at radius 2 is 1.57 bits per heavy atom. The first-order valence-corrected chi connectivity index (χ1v) is 19.1. The number of hydroxylamine groups is 2. The molecule has 0 radical (unpaired) electrons. The van der Waals surface area contributed by atoms with Crippen molar-refractivity contribution in [2.45, 2.75) is 87.1 Å². The Kier molecular flexibility index (Phi) is 9.36. The summed E-state index contributed by atoms with van der Waals surface area (Å²) >= 11 is 0. The van der Waals surface area contributed by atoms with Crippen LogP contribution in [0.4, 0.5) is 0 Å². The number of carbonyl (C=O) groups excluding carboxylic acids is 3. The molecule has 3 N–H and O–H groups in total. The summed E-state index contributed by atoms with van der Waals surface area (Å²) in [4.78, 5) is 48.2. The van der Waals surface area contributed by atoms with Gasteiger partial charge in [-0.2, -0.15) is 5.06 Å². The Morgan fingerprint density at radius 1 is 0.852 bits per heavy atom. The number of allylic oxidation sites excluding steroid dienone is 1. The second kappa shape index (κ2) is 14.3. The SMILES string of the molecule is O=C(CCNC(=O)[C@@]12C[C@H]3OC(=O)[C@@H]1N(Cc1ccccc1C=CC1CCC4OC4C1)O[C@@H]2[C@H]1OC(c2ccccc2)(c2ccccc2)O[C@H]13)NCCO. The average Bonchev–Trinajstić information content (AvgIpc) is 3.72. The molecule has 3 aromatic carbocycles. The largest absolute Gasteiger partial charge is 0.458 e. The summed E-state index contributed by atoms with van der Waals surface area (Å²) in [6.45, 7) is 0.171. The molecule has 9 atom stereocenters. The van der Waals surface area contributed by atoms with Crippen molar-refractivity contribution in [2.75, 3.05) is 19.7 Å². The number of aliphatic hydroxyl groups is 1. The van der Waals surface area contributed by atoms with E-state index in [4.69, 9.17) is 28.9 Å². The molecule has 2 aliphatic carbocycles. The van der Waals surface area contributed by atoms with Gasteiger partial charge in [0.05, 0.1) is 25.4 Å². The molecular weight excluding hydrogens is 690 g/mol. The highest BCUT2D eigenvalue weighted by molar-refractivity contribution is 5.94. The third kappa shape index (κ3) is 6.15.